The first-order valence-corrected chi connectivity index (χ1v) is 7.92. The van der Waals surface area contributed by atoms with Gasteiger partial charge in [0.2, 0.25) is 0 Å². The smallest absolute Gasteiger partial charge is 0.254 e. The lowest BCUT2D eigenvalue weighted by molar-refractivity contribution is 0.0938. The molecular weight excluding hydrogens is 386 g/mol. The highest BCUT2D eigenvalue weighted by atomic mass is 79.9. The van der Waals surface area contributed by atoms with Crippen LogP contribution in [-0.4, -0.2) is 11.9 Å². The van der Waals surface area contributed by atoms with Crippen LogP contribution in [-0.2, 0) is 6.42 Å². The van der Waals surface area contributed by atoms with Crippen LogP contribution in [0.15, 0.2) is 50.2 Å². The van der Waals surface area contributed by atoms with Crippen molar-refractivity contribution in [2.45, 2.75) is 25.8 Å². The van der Waals surface area contributed by atoms with E-state index in [9.17, 15) is 4.79 Å². The molecule has 20 heavy (non-hydrogen) atoms. The summed E-state index contributed by atoms with van der Waals surface area (Å²) in [5.41, 5.74) is 1.80. The van der Waals surface area contributed by atoms with Crippen LogP contribution in [0.5, 0.6) is 0 Å². The second-order valence-electron chi connectivity index (χ2n) is 4.68. The average molecular weight is 401 g/mol. The Balaban J connectivity index is 1.82. The third-order valence-electron chi connectivity index (χ3n) is 2.99. The number of nitrogens with one attached hydrogen (secondary N) is 1. The maximum Gasteiger partial charge on any atom is 0.254 e. The minimum Gasteiger partial charge on any atom is -0.457 e. The van der Waals surface area contributed by atoms with Crippen molar-refractivity contribution in [1.82, 2.24) is 5.32 Å². The van der Waals surface area contributed by atoms with Gasteiger partial charge in [0.1, 0.15) is 6.26 Å². The topological polar surface area (TPSA) is 42.2 Å². The second-order valence-corrected chi connectivity index (χ2v) is 6.38. The molecule has 0 radical (unpaired) electrons. The molecule has 3 nitrogen and oxygen atoms in total. The fraction of sp³-hybridized carbons (Fsp3) is 0.267. The van der Waals surface area contributed by atoms with Gasteiger partial charge in [0.05, 0.1) is 5.56 Å². The molecule has 0 aliphatic heterocycles. The van der Waals surface area contributed by atoms with Gasteiger partial charge in [-0.2, -0.15) is 0 Å². The molecule has 5 heteroatoms. The monoisotopic (exact) mass is 399 g/mol. The maximum atomic E-state index is 11.9. The van der Waals surface area contributed by atoms with Crippen LogP contribution in [0, 0.1) is 0 Å². The van der Waals surface area contributed by atoms with E-state index in [-0.39, 0.29) is 11.9 Å². The zero-order valence-corrected chi connectivity index (χ0v) is 14.2. The van der Waals surface area contributed by atoms with Crippen LogP contribution in [0.1, 0.15) is 29.3 Å². The summed E-state index contributed by atoms with van der Waals surface area (Å²) < 4.78 is 6.70. The molecule has 0 saturated carbocycles. The Morgan fingerprint density at radius 1 is 1.30 bits per heavy atom. The minimum absolute atomic E-state index is 0.109. The van der Waals surface area contributed by atoms with Crippen LogP contribution < -0.4 is 5.32 Å². The number of rotatable bonds is 5. The second kappa shape index (κ2) is 7.09. The SMILES string of the molecule is CC(CCc1ccc(Br)cc1)NC(=O)c1coc(Br)c1. The molecule has 1 aromatic heterocycles. The number of amides is 1. The number of hydrogen-bond donors (Lipinski definition) is 1. The summed E-state index contributed by atoms with van der Waals surface area (Å²) in [6.45, 7) is 2.01. The molecule has 106 valence electrons. The van der Waals surface area contributed by atoms with Gasteiger partial charge in [-0.15, -0.1) is 0 Å². The van der Waals surface area contributed by atoms with E-state index in [0.717, 1.165) is 17.3 Å². The third-order valence-corrected chi connectivity index (χ3v) is 3.93. The predicted molar refractivity (Wildman–Crippen MR) is 85.8 cm³/mol. The number of halogens is 2. The number of aryl methyl sites for hydroxylation is 1. The van der Waals surface area contributed by atoms with Crippen LogP contribution in [0.25, 0.3) is 0 Å². The lowest BCUT2D eigenvalue weighted by Crippen LogP contribution is -2.32. The van der Waals surface area contributed by atoms with E-state index in [0.29, 0.717) is 10.2 Å². The highest BCUT2D eigenvalue weighted by molar-refractivity contribution is 9.10. The van der Waals surface area contributed by atoms with E-state index in [4.69, 9.17) is 4.42 Å². The summed E-state index contributed by atoms with van der Waals surface area (Å²) in [6, 6.07) is 10.0. The summed E-state index contributed by atoms with van der Waals surface area (Å²) in [7, 11) is 0. The summed E-state index contributed by atoms with van der Waals surface area (Å²) >= 11 is 6.60. The van der Waals surface area contributed by atoms with E-state index >= 15 is 0 Å². The molecule has 1 heterocycles. The molecule has 2 rings (SSSR count). The molecule has 1 amide bonds. The molecular formula is C15H15Br2NO2. The van der Waals surface area contributed by atoms with Crippen molar-refractivity contribution in [3.8, 4) is 0 Å². The van der Waals surface area contributed by atoms with Crippen LogP contribution in [0.3, 0.4) is 0 Å². The molecule has 2 aromatic rings. The Hall–Kier alpha value is -1.07. The fourth-order valence-electron chi connectivity index (χ4n) is 1.84. The van der Waals surface area contributed by atoms with E-state index in [1.54, 1.807) is 6.07 Å². The molecule has 0 aliphatic carbocycles. The van der Waals surface area contributed by atoms with E-state index in [1.807, 2.05) is 19.1 Å². The largest absolute Gasteiger partial charge is 0.457 e. The number of furan rings is 1. The van der Waals surface area contributed by atoms with Crippen LogP contribution in [0.2, 0.25) is 0 Å². The van der Waals surface area contributed by atoms with Gasteiger partial charge < -0.3 is 9.73 Å². The number of hydrogen-bond acceptors (Lipinski definition) is 2. The van der Waals surface area contributed by atoms with Crippen molar-refractivity contribution >= 4 is 37.8 Å². The van der Waals surface area contributed by atoms with Gasteiger partial charge in [0, 0.05) is 16.6 Å². The first-order valence-electron chi connectivity index (χ1n) is 6.34. The number of carbonyl (C=O) groups excluding carboxylic acids is 1. The molecule has 0 saturated heterocycles. The van der Waals surface area contributed by atoms with E-state index in [2.05, 4.69) is 49.3 Å². The quantitative estimate of drug-likeness (QED) is 0.799. The Morgan fingerprint density at radius 2 is 2.00 bits per heavy atom. The predicted octanol–water partition coefficient (Wildman–Crippen LogP) is 4.56. The van der Waals surface area contributed by atoms with E-state index < -0.39 is 0 Å². The number of carbonyl (C=O) groups is 1. The van der Waals surface area contributed by atoms with E-state index in [1.165, 1.54) is 11.8 Å². The zero-order valence-electron chi connectivity index (χ0n) is 11.0. The van der Waals surface area contributed by atoms with Gasteiger partial charge in [-0.1, -0.05) is 28.1 Å². The molecule has 1 atom stereocenters. The molecule has 1 N–H and O–H groups in total. The lowest BCUT2D eigenvalue weighted by atomic mass is 10.1. The molecule has 1 aromatic carbocycles. The van der Waals surface area contributed by atoms with Gasteiger partial charge >= 0.3 is 0 Å². The zero-order chi connectivity index (χ0) is 14.5. The van der Waals surface area contributed by atoms with Crippen molar-refractivity contribution in [3.05, 3.63) is 56.9 Å². The molecule has 0 aliphatic rings. The first kappa shape index (κ1) is 15.3. The van der Waals surface area contributed by atoms with Gasteiger partial charge in [-0.25, -0.2) is 0 Å². The summed E-state index contributed by atoms with van der Waals surface area (Å²) in [6.07, 6.45) is 3.27. The van der Waals surface area contributed by atoms with Gasteiger partial charge in [0.25, 0.3) is 5.91 Å². The Morgan fingerprint density at radius 3 is 2.60 bits per heavy atom. The first-order chi connectivity index (χ1) is 9.54. The Bertz CT molecular complexity index is 578. The summed E-state index contributed by atoms with van der Waals surface area (Å²) in [5, 5.41) is 2.96. The fourth-order valence-corrected chi connectivity index (χ4v) is 2.45. The Kier molecular flexibility index (Phi) is 5.43. The third kappa shape index (κ3) is 4.49. The van der Waals surface area contributed by atoms with Gasteiger partial charge in [-0.05, 0) is 53.4 Å². The van der Waals surface area contributed by atoms with Gasteiger partial charge in [0.15, 0.2) is 4.67 Å². The van der Waals surface area contributed by atoms with Crippen molar-refractivity contribution < 1.29 is 9.21 Å². The molecule has 0 bridgehead atoms. The minimum atomic E-state index is -0.109. The Labute approximate surface area is 135 Å². The maximum absolute atomic E-state index is 11.9. The van der Waals surface area contributed by atoms with Crippen molar-refractivity contribution in [1.29, 1.82) is 0 Å². The standard InChI is InChI=1S/C15H15Br2NO2/c1-10(2-3-11-4-6-13(16)7-5-11)18-15(19)12-8-14(17)20-9-12/h4-10H,2-3H2,1H3,(H,18,19). The van der Waals surface area contributed by atoms with Crippen molar-refractivity contribution in [2.24, 2.45) is 0 Å². The van der Waals surface area contributed by atoms with Crippen molar-refractivity contribution in [2.75, 3.05) is 0 Å². The van der Waals surface area contributed by atoms with Crippen LogP contribution >= 0.6 is 31.9 Å². The number of benzene rings is 1. The highest BCUT2D eigenvalue weighted by Gasteiger charge is 2.12. The van der Waals surface area contributed by atoms with Crippen LogP contribution in [0.4, 0.5) is 0 Å². The molecule has 0 spiro atoms. The van der Waals surface area contributed by atoms with Gasteiger partial charge in [-0.3, -0.25) is 4.79 Å². The highest BCUT2D eigenvalue weighted by Crippen LogP contribution is 2.15. The normalized spacial score (nSPS) is 12.2. The summed E-state index contributed by atoms with van der Waals surface area (Å²) in [5.74, 6) is -0.109. The lowest BCUT2D eigenvalue weighted by Gasteiger charge is -2.13. The summed E-state index contributed by atoms with van der Waals surface area (Å²) in [4.78, 5) is 11.9. The average Bonchev–Trinajstić information content (AvgIpc) is 2.85. The molecule has 0 fully saturated rings. The van der Waals surface area contributed by atoms with Crippen molar-refractivity contribution in [3.63, 3.8) is 0 Å². The molecule has 1 unspecified atom stereocenters.